The van der Waals surface area contributed by atoms with Crippen molar-refractivity contribution in [2.45, 2.75) is 6.54 Å². The molecule has 0 N–H and O–H groups in total. The number of methoxy groups -OCH3 is 1. The van der Waals surface area contributed by atoms with E-state index in [1.807, 2.05) is 0 Å². The van der Waals surface area contributed by atoms with E-state index in [1.54, 1.807) is 0 Å². The Kier molecular flexibility index (Phi) is 3.25. The summed E-state index contributed by atoms with van der Waals surface area (Å²) in [6, 6.07) is 2.93. The molecule has 5 heteroatoms. The third kappa shape index (κ3) is 2.69. The maximum absolute atomic E-state index is 11.2. The molecule has 0 unspecified atom stereocenters. The van der Waals surface area contributed by atoms with Crippen molar-refractivity contribution >= 4 is 15.9 Å². The minimum absolute atomic E-state index is 0.179. The van der Waals surface area contributed by atoms with Crippen LogP contribution in [0.1, 0.15) is 0 Å². The summed E-state index contributed by atoms with van der Waals surface area (Å²) in [7, 11) is 1.50. The zero-order valence-corrected chi connectivity index (χ0v) is 8.74. The lowest BCUT2D eigenvalue weighted by molar-refractivity contribution is 0.379. The van der Waals surface area contributed by atoms with E-state index in [4.69, 9.17) is 4.74 Å². The van der Waals surface area contributed by atoms with E-state index < -0.39 is 0 Å². The second kappa shape index (κ2) is 4.23. The van der Waals surface area contributed by atoms with Gasteiger partial charge in [-0.15, -0.1) is 5.10 Å². The first-order chi connectivity index (χ1) is 6.13. The van der Waals surface area contributed by atoms with Gasteiger partial charge in [-0.3, -0.25) is 4.79 Å². The number of nitrogens with zero attached hydrogens (tertiary/aromatic N) is 2. The van der Waals surface area contributed by atoms with Gasteiger partial charge in [-0.25, -0.2) is 4.68 Å². The van der Waals surface area contributed by atoms with Gasteiger partial charge in [0, 0.05) is 16.6 Å². The topological polar surface area (TPSA) is 44.1 Å². The van der Waals surface area contributed by atoms with Gasteiger partial charge >= 0.3 is 0 Å². The molecule has 0 fully saturated rings. The van der Waals surface area contributed by atoms with Crippen LogP contribution in [0, 0.1) is 0 Å². The van der Waals surface area contributed by atoms with Crippen LogP contribution in [0.25, 0.3) is 0 Å². The highest BCUT2D eigenvalue weighted by atomic mass is 79.9. The van der Waals surface area contributed by atoms with Gasteiger partial charge in [0.25, 0.3) is 5.56 Å². The molecule has 0 radical (unpaired) electrons. The summed E-state index contributed by atoms with van der Waals surface area (Å²) in [6.45, 7) is 3.97. The molecule has 0 aliphatic heterocycles. The van der Waals surface area contributed by atoms with Gasteiger partial charge in [0.15, 0.2) is 0 Å². The molecule has 13 heavy (non-hydrogen) atoms. The lowest BCUT2D eigenvalue weighted by Gasteiger charge is -2.04. The van der Waals surface area contributed by atoms with Crippen molar-refractivity contribution in [1.29, 1.82) is 0 Å². The molecule has 0 bridgehead atoms. The Labute approximate surface area is 84.0 Å². The average molecular weight is 245 g/mol. The Morgan fingerprint density at radius 2 is 2.46 bits per heavy atom. The molecule has 0 atom stereocenters. The zero-order chi connectivity index (χ0) is 9.84. The lowest BCUT2D eigenvalue weighted by Crippen LogP contribution is -2.22. The Morgan fingerprint density at radius 3 is 3.00 bits per heavy atom. The van der Waals surface area contributed by atoms with Gasteiger partial charge in [0.2, 0.25) is 5.88 Å². The van der Waals surface area contributed by atoms with Crippen LogP contribution in [-0.4, -0.2) is 16.9 Å². The fraction of sp³-hybridized carbons (Fsp3) is 0.250. The van der Waals surface area contributed by atoms with Crippen molar-refractivity contribution in [2.24, 2.45) is 0 Å². The van der Waals surface area contributed by atoms with Gasteiger partial charge in [0.1, 0.15) is 0 Å². The molecule has 1 heterocycles. The molecule has 0 aromatic carbocycles. The molecule has 0 amide bonds. The molecule has 0 aliphatic rings. The van der Waals surface area contributed by atoms with Crippen LogP contribution < -0.4 is 10.3 Å². The molecule has 1 aromatic rings. The lowest BCUT2D eigenvalue weighted by atomic mass is 10.5. The number of hydrogen-bond acceptors (Lipinski definition) is 3. The standard InChI is InChI=1S/C8H9BrN2O2/c1-6(9)5-11-8(12)4-3-7(10-11)13-2/h3-4H,1,5H2,2H3. The Morgan fingerprint density at radius 1 is 1.77 bits per heavy atom. The third-order valence-corrected chi connectivity index (χ3v) is 1.62. The van der Waals surface area contributed by atoms with Crippen LogP contribution >= 0.6 is 15.9 Å². The van der Waals surface area contributed by atoms with Crippen molar-refractivity contribution in [1.82, 2.24) is 9.78 Å². The minimum Gasteiger partial charge on any atom is -0.480 e. The molecule has 1 aromatic heterocycles. The zero-order valence-electron chi connectivity index (χ0n) is 7.16. The average Bonchev–Trinajstić information content (AvgIpc) is 2.08. The molecule has 1 rings (SSSR count). The van der Waals surface area contributed by atoms with Crippen LogP contribution in [0.4, 0.5) is 0 Å². The summed E-state index contributed by atoms with van der Waals surface area (Å²) in [5.74, 6) is 0.411. The number of halogens is 1. The van der Waals surface area contributed by atoms with Gasteiger partial charge in [0.05, 0.1) is 13.7 Å². The Bertz CT molecular complexity index is 373. The quantitative estimate of drug-likeness (QED) is 0.802. The third-order valence-electron chi connectivity index (χ3n) is 1.37. The van der Waals surface area contributed by atoms with Gasteiger partial charge in [-0.05, 0) is 0 Å². The predicted octanol–water partition coefficient (Wildman–Crippen LogP) is 1.16. The smallest absolute Gasteiger partial charge is 0.267 e. The largest absolute Gasteiger partial charge is 0.480 e. The molecular formula is C8H9BrN2O2. The van der Waals surface area contributed by atoms with Crippen molar-refractivity contribution < 1.29 is 4.74 Å². The summed E-state index contributed by atoms with van der Waals surface area (Å²) in [5, 5.41) is 3.92. The molecule has 0 saturated heterocycles. The minimum atomic E-state index is -0.179. The number of rotatable bonds is 3. The van der Waals surface area contributed by atoms with Gasteiger partial charge < -0.3 is 4.74 Å². The summed E-state index contributed by atoms with van der Waals surface area (Å²) < 4.78 is 6.84. The Hall–Kier alpha value is -1.10. The van der Waals surface area contributed by atoms with Crippen LogP contribution in [0.5, 0.6) is 5.88 Å². The maximum Gasteiger partial charge on any atom is 0.267 e. The first-order valence-corrected chi connectivity index (χ1v) is 4.38. The first-order valence-electron chi connectivity index (χ1n) is 3.59. The summed E-state index contributed by atoms with van der Waals surface area (Å²) in [6.07, 6.45) is 0. The van der Waals surface area contributed by atoms with Crippen molar-refractivity contribution in [2.75, 3.05) is 7.11 Å². The fourth-order valence-electron chi connectivity index (χ4n) is 0.815. The fourth-order valence-corrected chi connectivity index (χ4v) is 1.05. The summed E-state index contributed by atoms with van der Waals surface area (Å²) in [5.41, 5.74) is -0.179. The van der Waals surface area contributed by atoms with Gasteiger partial charge in [-0.1, -0.05) is 22.5 Å². The highest BCUT2D eigenvalue weighted by Gasteiger charge is 2.00. The summed E-state index contributed by atoms with van der Waals surface area (Å²) >= 11 is 3.16. The van der Waals surface area contributed by atoms with E-state index >= 15 is 0 Å². The number of ether oxygens (including phenoxy) is 1. The van der Waals surface area contributed by atoms with Gasteiger partial charge in [-0.2, -0.15) is 0 Å². The first kappa shape index (κ1) is 9.98. The van der Waals surface area contributed by atoms with Crippen molar-refractivity contribution in [3.8, 4) is 5.88 Å². The second-order valence-electron chi connectivity index (χ2n) is 2.39. The highest BCUT2D eigenvalue weighted by molar-refractivity contribution is 9.11. The molecule has 70 valence electrons. The highest BCUT2D eigenvalue weighted by Crippen LogP contribution is 2.04. The number of aromatic nitrogens is 2. The van der Waals surface area contributed by atoms with E-state index in [0.717, 1.165) is 0 Å². The SMILES string of the molecule is C=C(Br)Cn1nc(OC)ccc1=O. The van der Waals surface area contributed by atoms with Crippen molar-refractivity contribution in [3.63, 3.8) is 0 Å². The molecule has 4 nitrogen and oxygen atoms in total. The normalized spacial score (nSPS) is 9.69. The van der Waals surface area contributed by atoms with Crippen LogP contribution in [0.3, 0.4) is 0 Å². The van der Waals surface area contributed by atoms with E-state index in [-0.39, 0.29) is 5.56 Å². The van der Waals surface area contributed by atoms with E-state index in [9.17, 15) is 4.79 Å². The van der Waals surface area contributed by atoms with Crippen LogP contribution in [0.15, 0.2) is 28.0 Å². The van der Waals surface area contributed by atoms with E-state index in [2.05, 4.69) is 27.6 Å². The van der Waals surface area contributed by atoms with E-state index in [1.165, 1.54) is 23.9 Å². The molecular weight excluding hydrogens is 236 g/mol. The van der Waals surface area contributed by atoms with Crippen molar-refractivity contribution in [3.05, 3.63) is 33.5 Å². The second-order valence-corrected chi connectivity index (χ2v) is 3.51. The summed E-state index contributed by atoms with van der Waals surface area (Å²) in [4.78, 5) is 11.2. The maximum atomic E-state index is 11.2. The molecule has 0 saturated carbocycles. The molecule has 0 aliphatic carbocycles. The Balaban J connectivity index is 3.04. The monoisotopic (exact) mass is 244 g/mol. The molecule has 0 spiro atoms. The van der Waals surface area contributed by atoms with Crippen LogP contribution in [-0.2, 0) is 6.54 Å². The van der Waals surface area contributed by atoms with Crippen LogP contribution in [0.2, 0.25) is 0 Å². The number of allylic oxidation sites excluding steroid dienone is 1. The predicted molar refractivity (Wildman–Crippen MR) is 53.1 cm³/mol. The number of hydrogen-bond donors (Lipinski definition) is 0. The van der Waals surface area contributed by atoms with E-state index in [0.29, 0.717) is 16.9 Å².